The first kappa shape index (κ1) is 23.6. The third-order valence-electron chi connectivity index (χ3n) is 5.90. The van der Waals surface area contributed by atoms with Crippen LogP contribution in [0.5, 0.6) is 0 Å². The predicted octanol–water partition coefficient (Wildman–Crippen LogP) is 4.21. The van der Waals surface area contributed by atoms with Crippen LogP contribution in [0.3, 0.4) is 0 Å². The van der Waals surface area contributed by atoms with E-state index in [9.17, 15) is 9.59 Å². The molecule has 1 unspecified atom stereocenters. The van der Waals surface area contributed by atoms with Crippen molar-refractivity contribution in [2.75, 3.05) is 6.61 Å². The van der Waals surface area contributed by atoms with Crippen LogP contribution in [0, 0.1) is 5.92 Å². The molecule has 2 heterocycles. The Balaban J connectivity index is 1.97. The van der Waals surface area contributed by atoms with E-state index >= 15 is 0 Å². The molecule has 5 atom stereocenters. The largest absolute Gasteiger partial charge is 0.458 e. The van der Waals surface area contributed by atoms with Crippen LogP contribution in [0.4, 0.5) is 0 Å². The molecule has 3 rings (SSSR count). The Kier molecular flexibility index (Phi) is 7.35. The molecular weight excluding hydrogens is 396 g/mol. The molecule has 2 aliphatic heterocycles. The van der Waals surface area contributed by atoms with E-state index in [1.807, 2.05) is 59.8 Å². The van der Waals surface area contributed by atoms with Gasteiger partial charge >= 0.3 is 5.97 Å². The first-order chi connectivity index (χ1) is 14.6. The molecule has 0 N–H and O–H groups in total. The van der Waals surface area contributed by atoms with Crippen molar-refractivity contribution >= 4 is 11.8 Å². The monoisotopic (exact) mass is 430 g/mol. The Bertz CT molecular complexity index is 831. The van der Waals surface area contributed by atoms with E-state index in [1.54, 1.807) is 6.08 Å². The standard InChI is InChI=1S/C25H34O6/c1-7-28-19-13-16(3)22-18(14-19)9-8-10-21-23(31-25(5,6)30-21)20(26)12-11-15(2)17(4)29-24(22)27/h8-9,11-12,14-15,17,19,21,23H,7,10,13H2,1-6H3/b9-8+,12-11-/t15-,17+,19?,21+,23-/m1/s1. The van der Waals surface area contributed by atoms with E-state index in [2.05, 4.69) is 0 Å². The van der Waals surface area contributed by atoms with E-state index in [0.717, 1.165) is 11.1 Å². The van der Waals surface area contributed by atoms with Crippen molar-refractivity contribution in [1.29, 1.82) is 0 Å². The van der Waals surface area contributed by atoms with Crippen molar-refractivity contribution in [1.82, 2.24) is 0 Å². The van der Waals surface area contributed by atoms with Crippen molar-refractivity contribution in [2.45, 2.75) is 84.6 Å². The number of rotatable bonds is 2. The van der Waals surface area contributed by atoms with Gasteiger partial charge in [0.2, 0.25) is 0 Å². The minimum atomic E-state index is -0.829. The van der Waals surface area contributed by atoms with Gasteiger partial charge in [-0.05, 0) is 65.2 Å². The second-order valence-corrected chi connectivity index (χ2v) is 8.94. The molecule has 0 aromatic heterocycles. The maximum absolute atomic E-state index is 13.0. The van der Waals surface area contributed by atoms with Crippen molar-refractivity contribution in [3.8, 4) is 0 Å². The molecule has 0 radical (unpaired) electrons. The van der Waals surface area contributed by atoms with Gasteiger partial charge in [-0.15, -0.1) is 0 Å². The summed E-state index contributed by atoms with van der Waals surface area (Å²) in [6, 6.07) is 0. The summed E-state index contributed by atoms with van der Waals surface area (Å²) >= 11 is 0. The molecule has 0 aromatic carbocycles. The number of esters is 1. The molecule has 3 aliphatic rings. The second kappa shape index (κ2) is 9.63. The summed E-state index contributed by atoms with van der Waals surface area (Å²) in [6.07, 6.45) is 8.71. The molecule has 1 fully saturated rings. The van der Waals surface area contributed by atoms with Crippen molar-refractivity contribution < 1.29 is 28.5 Å². The summed E-state index contributed by atoms with van der Waals surface area (Å²) in [5, 5.41) is 0. The van der Waals surface area contributed by atoms with E-state index in [0.29, 0.717) is 25.0 Å². The van der Waals surface area contributed by atoms with Crippen LogP contribution >= 0.6 is 0 Å². The number of hydrogen-bond acceptors (Lipinski definition) is 6. The van der Waals surface area contributed by atoms with E-state index < -0.39 is 18.0 Å². The Hall–Kier alpha value is -2.02. The Morgan fingerprint density at radius 2 is 1.90 bits per heavy atom. The van der Waals surface area contributed by atoms with Crippen LogP contribution in [0.1, 0.15) is 54.4 Å². The maximum atomic E-state index is 13.0. The molecule has 0 amide bonds. The van der Waals surface area contributed by atoms with Gasteiger partial charge in [-0.3, -0.25) is 4.79 Å². The summed E-state index contributed by atoms with van der Waals surface area (Å²) in [7, 11) is 0. The lowest BCUT2D eigenvalue weighted by Crippen LogP contribution is -2.31. The number of hydrogen-bond donors (Lipinski definition) is 0. The summed E-state index contributed by atoms with van der Waals surface area (Å²) in [5.74, 6) is -1.45. The van der Waals surface area contributed by atoms with Gasteiger partial charge in [0.1, 0.15) is 12.2 Å². The van der Waals surface area contributed by atoms with Gasteiger partial charge in [0.05, 0.1) is 17.8 Å². The lowest BCUT2D eigenvalue weighted by Gasteiger charge is -2.25. The van der Waals surface area contributed by atoms with E-state index in [4.69, 9.17) is 18.9 Å². The highest BCUT2D eigenvalue weighted by atomic mass is 16.8. The molecule has 6 heteroatoms. The lowest BCUT2D eigenvalue weighted by molar-refractivity contribution is -0.152. The maximum Gasteiger partial charge on any atom is 0.338 e. The Morgan fingerprint density at radius 3 is 2.61 bits per heavy atom. The third-order valence-corrected chi connectivity index (χ3v) is 5.90. The van der Waals surface area contributed by atoms with Crippen molar-refractivity contribution in [3.05, 3.63) is 47.1 Å². The minimum absolute atomic E-state index is 0.0845. The highest BCUT2D eigenvalue weighted by Crippen LogP contribution is 2.33. The average molecular weight is 431 g/mol. The zero-order valence-corrected chi connectivity index (χ0v) is 19.3. The lowest BCUT2D eigenvalue weighted by atomic mass is 9.89. The van der Waals surface area contributed by atoms with Crippen molar-refractivity contribution in [3.63, 3.8) is 0 Å². The molecule has 6 nitrogen and oxygen atoms in total. The Labute approximate surface area is 184 Å². The SMILES string of the molecule is CCOC1C=C2/C=C/C[C@@H]3OC(C)(C)O[C@@H]3C(=O)/C=C\[C@@H](C)[C@H](C)OC(=O)C2=C(C)C1. The van der Waals surface area contributed by atoms with Crippen LogP contribution in [-0.4, -0.2) is 48.6 Å². The van der Waals surface area contributed by atoms with Crippen LogP contribution in [0.2, 0.25) is 0 Å². The molecule has 1 saturated heterocycles. The fraction of sp³-hybridized carbons (Fsp3) is 0.600. The van der Waals surface area contributed by atoms with Gasteiger partial charge in [0, 0.05) is 12.5 Å². The summed E-state index contributed by atoms with van der Waals surface area (Å²) < 4.78 is 23.5. The fourth-order valence-electron chi connectivity index (χ4n) is 4.16. The summed E-state index contributed by atoms with van der Waals surface area (Å²) in [6.45, 7) is 11.9. The summed E-state index contributed by atoms with van der Waals surface area (Å²) in [5.41, 5.74) is 2.31. The predicted molar refractivity (Wildman–Crippen MR) is 117 cm³/mol. The normalized spacial score (nSPS) is 36.1. The number of cyclic esters (lactones) is 1. The van der Waals surface area contributed by atoms with Crippen LogP contribution in [0.15, 0.2) is 47.1 Å². The molecule has 170 valence electrons. The Morgan fingerprint density at radius 1 is 1.16 bits per heavy atom. The number of fused-ring (bicyclic) bond motifs is 2. The fourth-order valence-corrected chi connectivity index (χ4v) is 4.16. The zero-order chi connectivity index (χ0) is 22.8. The first-order valence-electron chi connectivity index (χ1n) is 11.1. The van der Waals surface area contributed by atoms with Gasteiger partial charge in [-0.1, -0.05) is 30.7 Å². The van der Waals surface area contributed by atoms with E-state index in [1.165, 1.54) is 6.08 Å². The molecular formula is C25H34O6. The molecule has 1 aliphatic carbocycles. The molecule has 0 saturated carbocycles. The number of carbonyl (C=O) groups excluding carboxylic acids is 2. The highest BCUT2D eigenvalue weighted by Gasteiger charge is 2.43. The highest BCUT2D eigenvalue weighted by molar-refractivity contribution is 5.96. The topological polar surface area (TPSA) is 71.1 Å². The van der Waals surface area contributed by atoms with E-state index in [-0.39, 0.29) is 29.9 Å². The zero-order valence-electron chi connectivity index (χ0n) is 19.3. The van der Waals surface area contributed by atoms with Crippen molar-refractivity contribution in [2.24, 2.45) is 5.92 Å². The quantitative estimate of drug-likeness (QED) is 0.611. The smallest absolute Gasteiger partial charge is 0.338 e. The van der Waals surface area contributed by atoms with Gasteiger partial charge in [0.25, 0.3) is 0 Å². The van der Waals surface area contributed by atoms with Gasteiger partial charge in [0.15, 0.2) is 11.6 Å². The van der Waals surface area contributed by atoms with Crippen LogP contribution < -0.4 is 0 Å². The number of carbonyl (C=O) groups is 2. The third kappa shape index (κ3) is 5.62. The average Bonchev–Trinajstić information content (AvgIpc) is 2.99. The molecule has 31 heavy (non-hydrogen) atoms. The van der Waals surface area contributed by atoms with Crippen LogP contribution in [0.25, 0.3) is 0 Å². The van der Waals surface area contributed by atoms with Crippen LogP contribution in [-0.2, 0) is 28.5 Å². The summed E-state index contributed by atoms with van der Waals surface area (Å²) in [4.78, 5) is 25.8. The number of allylic oxidation sites excluding steroid dienone is 1. The second-order valence-electron chi connectivity index (χ2n) is 8.94. The number of ether oxygens (including phenoxy) is 4. The molecule has 0 spiro atoms. The number of ketones is 1. The van der Waals surface area contributed by atoms with Gasteiger partial charge < -0.3 is 18.9 Å². The minimum Gasteiger partial charge on any atom is -0.458 e. The molecule has 0 aromatic rings. The van der Waals surface area contributed by atoms with Gasteiger partial charge in [-0.2, -0.15) is 0 Å². The van der Waals surface area contributed by atoms with Gasteiger partial charge in [-0.25, -0.2) is 4.79 Å². The first-order valence-corrected chi connectivity index (χ1v) is 11.1. The molecule has 0 bridgehead atoms.